The molecule has 0 aromatic heterocycles. The van der Waals surface area contributed by atoms with E-state index in [9.17, 15) is 13.2 Å². The smallest absolute Gasteiger partial charge is 0.255 e. The second kappa shape index (κ2) is 9.14. The van der Waals surface area contributed by atoms with Crippen molar-refractivity contribution >= 4 is 33.2 Å². The number of hydrogen-bond acceptors (Lipinski definition) is 3. The lowest BCUT2D eigenvalue weighted by Crippen LogP contribution is -2.23. The summed E-state index contributed by atoms with van der Waals surface area (Å²) in [5.41, 5.74) is 2.36. The van der Waals surface area contributed by atoms with Gasteiger partial charge in [0.15, 0.2) is 0 Å². The van der Waals surface area contributed by atoms with Crippen molar-refractivity contribution in [2.75, 3.05) is 19.4 Å². The summed E-state index contributed by atoms with van der Waals surface area (Å²) in [7, 11) is -0.967. The van der Waals surface area contributed by atoms with Crippen LogP contribution in [0.25, 0.3) is 0 Å². The molecule has 0 aliphatic rings. The lowest BCUT2D eigenvalue weighted by Gasteiger charge is -2.14. The number of benzene rings is 3. The number of sulfonamides is 1. The van der Waals surface area contributed by atoms with Crippen LogP contribution in [0.3, 0.4) is 0 Å². The summed E-state index contributed by atoms with van der Waals surface area (Å²) >= 11 is 6.04. The van der Waals surface area contributed by atoms with E-state index in [0.29, 0.717) is 5.69 Å². The molecule has 0 spiro atoms. The third-order valence-corrected chi connectivity index (χ3v) is 6.49. The van der Waals surface area contributed by atoms with Crippen LogP contribution >= 0.6 is 11.6 Å². The van der Waals surface area contributed by atoms with Crippen molar-refractivity contribution in [3.8, 4) is 11.8 Å². The molecule has 0 atom stereocenters. The maximum atomic E-state index is 12.7. The van der Waals surface area contributed by atoms with Crippen LogP contribution in [0.5, 0.6) is 0 Å². The fourth-order valence-corrected chi connectivity index (χ4v) is 3.98. The fraction of sp³-hybridized carbons (Fsp3) is 0.0870. The number of carbonyl (C=O) groups is 1. The molecule has 3 aromatic rings. The van der Waals surface area contributed by atoms with Gasteiger partial charge in [0.25, 0.3) is 5.91 Å². The molecule has 3 rings (SSSR count). The Labute approximate surface area is 181 Å². The molecule has 0 radical (unpaired) electrons. The Bertz CT molecular complexity index is 1240. The second-order valence-electron chi connectivity index (χ2n) is 6.58. The SMILES string of the molecule is CN(C)S(=O)(=O)c1cc(C(=O)Nc2cccc(C#Cc3ccccc3)c2)ccc1Cl. The van der Waals surface area contributed by atoms with Crippen molar-refractivity contribution in [1.29, 1.82) is 0 Å². The summed E-state index contributed by atoms with van der Waals surface area (Å²) in [5, 5.41) is 2.82. The Kier molecular flexibility index (Phi) is 6.58. The lowest BCUT2D eigenvalue weighted by molar-refractivity contribution is 0.102. The second-order valence-corrected chi connectivity index (χ2v) is 9.11. The van der Waals surface area contributed by atoms with E-state index in [2.05, 4.69) is 17.2 Å². The molecule has 0 unspecified atom stereocenters. The van der Waals surface area contributed by atoms with Gasteiger partial charge in [0.1, 0.15) is 4.90 Å². The molecule has 0 aliphatic heterocycles. The van der Waals surface area contributed by atoms with Crippen LogP contribution in [0.2, 0.25) is 5.02 Å². The van der Waals surface area contributed by atoms with Gasteiger partial charge in [-0.2, -0.15) is 0 Å². The third-order valence-electron chi connectivity index (χ3n) is 4.20. The van der Waals surface area contributed by atoms with Crippen LogP contribution in [0.1, 0.15) is 21.5 Å². The van der Waals surface area contributed by atoms with Gasteiger partial charge in [-0.05, 0) is 48.5 Å². The largest absolute Gasteiger partial charge is 0.322 e. The van der Waals surface area contributed by atoms with Crippen molar-refractivity contribution in [2.45, 2.75) is 4.90 Å². The molecule has 0 saturated heterocycles. The molecule has 0 fully saturated rings. The molecule has 7 heteroatoms. The molecule has 0 aliphatic carbocycles. The molecular formula is C23H19ClN2O3S. The number of halogens is 1. The van der Waals surface area contributed by atoms with Crippen LogP contribution < -0.4 is 5.32 Å². The van der Waals surface area contributed by atoms with Gasteiger partial charge in [0.05, 0.1) is 5.02 Å². The molecular weight excluding hydrogens is 420 g/mol. The van der Waals surface area contributed by atoms with Gasteiger partial charge in [-0.15, -0.1) is 0 Å². The summed E-state index contributed by atoms with van der Waals surface area (Å²) in [6, 6.07) is 20.8. The van der Waals surface area contributed by atoms with Crippen molar-refractivity contribution in [3.05, 3.63) is 94.5 Å². The standard InChI is InChI=1S/C23H19ClN2O3S/c1-26(2)30(28,29)22-16-19(13-14-21(22)24)23(27)25-20-10-6-9-18(15-20)12-11-17-7-4-3-5-8-17/h3-10,13-16H,1-2H3,(H,25,27). The molecule has 0 bridgehead atoms. The highest BCUT2D eigenvalue weighted by Gasteiger charge is 2.22. The number of carbonyl (C=O) groups excluding carboxylic acids is 1. The first kappa shape index (κ1) is 21.6. The average Bonchev–Trinajstić information content (AvgIpc) is 2.73. The monoisotopic (exact) mass is 438 g/mol. The van der Waals surface area contributed by atoms with Gasteiger partial charge in [0.2, 0.25) is 10.0 Å². The first-order valence-corrected chi connectivity index (χ1v) is 10.8. The lowest BCUT2D eigenvalue weighted by atomic mass is 10.1. The Morgan fingerprint density at radius 3 is 2.27 bits per heavy atom. The van der Waals surface area contributed by atoms with E-state index in [4.69, 9.17) is 11.6 Å². The van der Waals surface area contributed by atoms with Crippen LogP contribution in [0.4, 0.5) is 5.69 Å². The van der Waals surface area contributed by atoms with Crippen molar-refractivity contribution in [3.63, 3.8) is 0 Å². The first-order chi connectivity index (χ1) is 14.3. The first-order valence-electron chi connectivity index (χ1n) is 8.98. The predicted octanol–water partition coefficient (Wildman–Crippen LogP) is 4.24. The van der Waals surface area contributed by atoms with Gasteiger partial charge in [0, 0.05) is 36.5 Å². The number of nitrogens with zero attached hydrogens (tertiary/aromatic N) is 1. The maximum absolute atomic E-state index is 12.7. The van der Waals surface area contributed by atoms with E-state index in [1.54, 1.807) is 18.2 Å². The van der Waals surface area contributed by atoms with Gasteiger partial charge in [-0.25, -0.2) is 12.7 Å². The Hall–Kier alpha value is -3.11. The minimum absolute atomic E-state index is 0.0541. The van der Waals surface area contributed by atoms with Crippen LogP contribution in [0, 0.1) is 11.8 Å². The van der Waals surface area contributed by atoms with E-state index >= 15 is 0 Å². The van der Waals surface area contributed by atoms with E-state index in [1.807, 2.05) is 36.4 Å². The zero-order chi connectivity index (χ0) is 21.7. The van der Waals surface area contributed by atoms with Crippen molar-refractivity contribution in [1.82, 2.24) is 4.31 Å². The molecule has 3 aromatic carbocycles. The Morgan fingerprint density at radius 1 is 0.900 bits per heavy atom. The molecule has 1 N–H and O–H groups in total. The molecule has 152 valence electrons. The highest BCUT2D eigenvalue weighted by atomic mass is 35.5. The summed E-state index contributed by atoms with van der Waals surface area (Å²) in [5.74, 6) is 5.68. The Balaban J connectivity index is 1.83. The molecule has 0 heterocycles. The minimum Gasteiger partial charge on any atom is -0.322 e. The number of hydrogen-bond donors (Lipinski definition) is 1. The van der Waals surface area contributed by atoms with Gasteiger partial charge in [-0.1, -0.05) is 47.7 Å². The third kappa shape index (κ3) is 5.08. The number of amides is 1. The minimum atomic E-state index is -3.77. The van der Waals surface area contributed by atoms with Crippen LogP contribution in [0.15, 0.2) is 77.7 Å². The van der Waals surface area contributed by atoms with E-state index in [1.165, 1.54) is 32.3 Å². The van der Waals surface area contributed by atoms with Crippen molar-refractivity contribution in [2.24, 2.45) is 0 Å². The van der Waals surface area contributed by atoms with Gasteiger partial charge < -0.3 is 5.32 Å². The Morgan fingerprint density at radius 2 is 1.57 bits per heavy atom. The van der Waals surface area contributed by atoms with E-state index < -0.39 is 15.9 Å². The highest BCUT2D eigenvalue weighted by molar-refractivity contribution is 7.89. The number of nitrogens with one attached hydrogen (secondary N) is 1. The van der Waals surface area contributed by atoms with E-state index in [-0.39, 0.29) is 15.5 Å². The number of rotatable bonds is 4. The quantitative estimate of drug-likeness (QED) is 0.619. The van der Waals surface area contributed by atoms with E-state index in [0.717, 1.165) is 15.4 Å². The highest BCUT2D eigenvalue weighted by Crippen LogP contribution is 2.25. The normalized spacial score (nSPS) is 10.9. The molecule has 1 amide bonds. The van der Waals surface area contributed by atoms with Gasteiger partial charge >= 0.3 is 0 Å². The summed E-state index contributed by atoms with van der Waals surface area (Å²) < 4.78 is 25.9. The van der Waals surface area contributed by atoms with Crippen LogP contribution in [-0.2, 0) is 10.0 Å². The zero-order valence-electron chi connectivity index (χ0n) is 16.4. The molecule has 0 saturated carbocycles. The van der Waals surface area contributed by atoms with Crippen molar-refractivity contribution < 1.29 is 13.2 Å². The van der Waals surface area contributed by atoms with Crippen LogP contribution in [-0.4, -0.2) is 32.7 Å². The summed E-state index contributed by atoms with van der Waals surface area (Å²) in [6.07, 6.45) is 0. The molecule has 30 heavy (non-hydrogen) atoms. The predicted molar refractivity (Wildman–Crippen MR) is 119 cm³/mol. The fourth-order valence-electron chi connectivity index (χ4n) is 2.58. The number of anilines is 1. The maximum Gasteiger partial charge on any atom is 0.255 e. The van der Waals surface area contributed by atoms with Gasteiger partial charge in [-0.3, -0.25) is 4.79 Å². The zero-order valence-corrected chi connectivity index (χ0v) is 18.0. The average molecular weight is 439 g/mol. The summed E-state index contributed by atoms with van der Waals surface area (Å²) in [6.45, 7) is 0. The topological polar surface area (TPSA) is 66.5 Å². The summed E-state index contributed by atoms with van der Waals surface area (Å²) in [4.78, 5) is 12.5. The molecule has 5 nitrogen and oxygen atoms in total.